The molecule has 37 heavy (non-hydrogen) atoms. The van der Waals surface area contributed by atoms with Crippen molar-refractivity contribution in [3.63, 3.8) is 0 Å². The molecule has 1 unspecified atom stereocenters. The second kappa shape index (κ2) is 11.3. The summed E-state index contributed by atoms with van der Waals surface area (Å²) in [4.78, 5) is 12.9. The van der Waals surface area contributed by atoms with Crippen LogP contribution in [0.4, 0.5) is 13.2 Å². The fourth-order valence-corrected chi connectivity index (χ4v) is 4.31. The van der Waals surface area contributed by atoms with E-state index in [9.17, 15) is 18.3 Å². The van der Waals surface area contributed by atoms with Crippen molar-refractivity contribution >= 4 is 5.84 Å². The molecule has 2 aliphatic rings. The summed E-state index contributed by atoms with van der Waals surface area (Å²) in [5, 5.41) is 9.27. The average Bonchev–Trinajstić information content (AvgIpc) is 3.15. The van der Waals surface area contributed by atoms with E-state index >= 15 is 0 Å². The van der Waals surface area contributed by atoms with E-state index < -0.39 is 12.7 Å². The number of aliphatic hydroxyl groups is 1. The zero-order chi connectivity index (χ0) is 26.6. The van der Waals surface area contributed by atoms with Gasteiger partial charge in [-0.25, -0.2) is 4.99 Å². The first kappa shape index (κ1) is 26.6. The highest BCUT2D eigenvalue weighted by molar-refractivity contribution is 5.99. The van der Waals surface area contributed by atoms with Gasteiger partial charge in [0.2, 0.25) is 0 Å². The molecule has 0 fully saturated rings. The predicted octanol–water partition coefficient (Wildman–Crippen LogP) is 3.65. The van der Waals surface area contributed by atoms with Crippen molar-refractivity contribution in [2.45, 2.75) is 32.2 Å². The lowest BCUT2D eigenvalue weighted by Crippen LogP contribution is -2.44. The summed E-state index contributed by atoms with van der Waals surface area (Å²) >= 11 is 0. The second-order valence-corrected chi connectivity index (χ2v) is 9.34. The largest absolute Gasteiger partial charge is 0.573 e. The molecule has 4 rings (SSSR count). The number of halogens is 3. The number of ether oxygens (including phenoxy) is 2. The molecule has 0 bridgehead atoms. The van der Waals surface area contributed by atoms with Crippen LogP contribution in [0.1, 0.15) is 17.5 Å². The van der Waals surface area contributed by atoms with Gasteiger partial charge in [0.25, 0.3) is 6.35 Å². The maximum absolute atomic E-state index is 12.7. The zero-order valence-corrected chi connectivity index (χ0v) is 21.1. The summed E-state index contributed by atoms with van der Waals surface area (Å²) in [6.45, 7) is 2.67. The van der Waals surface area contributed by atoms with Crippen molar-refractivity contribution in [1.82, 2.24) is 19.6 Å². The fourth-order valence-electron chi connectivity index (χ4n) is 4.31. The van der Waals surface area contributed by atoms with E-state index in [0.29, 0.717) is 26.2 Å². The Balaban J connectivity index is 1.60. The molecule has 11 heteroatoms. The number of hydrogen-bond donors (Lipinski definition) is 1. The van der Waals surface area contributed by atoms with E-state index in [-0.39, 0.29) is 18.1 Å². The molecular weight excluding hydrogens is 487 g/mol. The van der Waals surface area contributed by atoms with Crippen LogP contribution in [0.2, 0.25) is 0 Å². The molecule has 2 aromatic rings. The van der Waals surface area contributed by atoms with Gasteiger partial charge in [0.15, 0.2) is 5.84 Å². The van der Waals surface area contributed by atoms with Crippen LogP contribution in [-0.4, -0.2) is 84.2 Å². The van der Waals surface area contributed by atoms with Crippen molar-refractivity contribution in [1.29, 1.82) is 0 Å². The highest BCUT2D eigenvalue weighted by Crippen LogP contribution is 2.32. The smallest absolute Gasteiger partial charge is 0.450 e. The minimum atomic E-state index is -4.79. The molecule has 1 N–H and O–H groups in total. The molecule has 0 aromatic heterocycles. The molecule has 0 spiro atoms. The van der Waals surface area contributed by atoms with Crippen LogP contribution in [0.5, 0.6) is 11.5 Å². The summed E-state index contributed by atoms with van der Waals surface area (Å²) in [6.07, 6.45) is -2.95. The molecule has 0 saturated heterocycles. The highest BCUT2D eigenvalue weighted by Gasteiger charge is 2.37. The lowest BCUT2D eigenvalue weighted by molar-refractivity contribution is -0.274. The summed E-state index contributed by atoms with van der Waals surface area (Å²) < 4.78 is 48.3. The van der Waals surface area contributed by atoms with E-state index in [1.165, 1.54) is 23.8 Å². The minimum absolute atomic E-state index is 0.0927. The standard InChI is InChI=1S/C26H32F3N5O3/c1-31(2)15-19-8-10-20(11-9-19)16-34-23-17-33(12-5-13-35)18-32(3)24(23)30-25(34)36-21-6-4-7-22(14-21)37-26(27,28)29/h4,6-11,14,17,25,35H,5,12-13,15-16,18H2,1-3H3. The van der Waals surface area contributed by atoms with E-state index in [2.05, 4.69) is 38.8 Å². The Morgan fingerprint density at radius 3 is 2.46 bits per heavy atom. The Labute approximate surface area is 214 Å². The third kappa shape index (κ3) is 7.07. The molecule has 1 atom stereocenters. The Kier molecular flexibility index (Phi) is 8.13. The fraction of sp³-hybridized carbons (Fsp3) is 0.423. The van der Waals surface area contributed by atoms with Gasteiger partial charge in [-0.05, 0) is 43.8 Å². The Morgan fingerprint density at radius 1 is 1.08 bits per heavy atom. The number of amidine groups is 1. The van der Waals surface area contributed by atoms with Crippen LogP contribution in [0, 0.1) is 0 Å². The maximum Gasteiger partial charge on any atom is 0.573 e. The number of aliphatic imine (C=N–C) groups is 1. The van der Waals surface area contributed by atoms with E-state index in [1.54, 1.807) is 6.07 Å². The summed E-state index contributed by atoms with van der Waals surface area (Å²) in [5.41, 5.74) is 3.07. The topological polar surface area (TPSA) is 64.0 Å². The number of nitrogens with zero attached hydrogens (tertiary/aromatic N) is 5. The van der Waals surface area contributed by atoms with Gasteiger partial charge in [-0.3, -0.25) is 0 Å². The zero-order valence-electron chi connectivity index (χ0n) is 21.1. The normalized spacial score (nSPS) is 17.6. The molecule has 0 saturated carbocycles. The van der Waals surface area contributed by atoms with Crippen LogP contribution in [0.15, 0.2) is 65.4 Å². The van der Waals surface area contributed by atoms with Crippen LogP contribution < -0.4 is 9.47 Å². The van der Waals surface area contributed by atoms with Crippen molar-refractivity contribution in [2.24, 2.45) is 4.99 Å². The molecule has 2 aromatic carbocycles. The number of benzene rings is 2. The quantitative estimate of drug-likeness (QED) is 0.514. The molecular formula is C26H32F3N5O3. The predicted molar refractivity (Wildman–Crippen MR) is 133 cm³/mol. The van der Waals surface area contributed by atoms with Crippen molar-refractivity contribution in [3.8, 4) is 11.5 Å². The number of fused-ring (bicyclic) bond motifs is 1. The molecule has 8 nitrogen and oxygen atoms in total. The van der Waals surface area contributed by atoms with Gasteiger partial charge in [0.05, 0.1) is 6.67 Å². The molecule has 200 valence electrons. The van der Waals surface area contributed by atoms with E-state index in [1.807, 2.05) is 37.1 Å². The summed E-state index contributed by atoms with van der Waals surface area (Å²) in [7, 11) is 5.96. The third-order valence-electron chi connectivity index (χ3n) is 5.86. The molecule has 0 aliphatic carbocycles. The van der Waals surface area contributed by atoms with E-state index in [4.69, 9.17) is 9.73 Å². The maximum atomic E-state index is 12.7. The van der Waals surface area contributed by atoms with Gasteiger partial charge >= 0.3 is 6.36 Å². The van der Waals surface area contributed by atoms with Crippen molar-refractivity contribution < 1.29 is 27.8 Å². The second-order valence-electron chi connectivity index (χ2n) is 9.34. The Morgan fingerprint density at radius 2 is 1.78 bits per heavy atom. The number of aliphatic hydroxyl groups excluding tert-OH is 1. The number of rotatable bonds is 10. The summed E-state index contributed by atoms with van der Waals surface area (Å²) in [6, 6.07) is 13.7. The van der Waals surface area contributed by atoms with Crippen LogP contribution in [0.3, 0.4) is 0 Å². The van der Waals surface area contributed by atoms with Crippen LogP contribution in [-0.2, 0) is 13.1 Å². The SMILES string of the molecule is CN(C)Cc1ccc(CN2C3=CN(CCCO)CN(C)C3=NC2Oc2cccc(OC(F)(F)F)c2)cc1. The molecule has 0 radical (unpaired) electrons. The first-order chi connectivity index (χ1) is 17.6. The van der Waals surface area contributed by atoms with Gasteiger partial charge in [0.1, 0.15) is 17.2 Å². The minimum Gasteiger partial charge on any atom is -0.450 e. The van der Waals surface area contributed by atoms with Crippen molar-refractivity contribution in [2.75, 3.05) is 41.0 Å². The highest BCUT2D eigenvalue weighted by atomic mass is 19.4. The molecule has 2 aliphatic heterocycles. The van der Waals surface area contributed by atoms with Gasteiger partial charge in [0, 0.05) is 45.6 Å². The summed E-state index contributed by atoms with van der Waals surface area (Å²) in [5.74, 6) is 0.584. The third-order valence-corrected chi connectivity index (χ3v) is 5.86. The van der Waals surface area contributed by atoms with Gasteiger partial charge in [-0.15, -0.1) is 13.2 Å². The van der Waals surface area contributed by atoms with Crippen LogP contribution >= 0.6 is 0 Å². The number of alkyl halides is 3. The van der Waals surface area contributed by atoms with Gasteiger partial charge < -0.3 is 34.2 Å². The lowest BCUT2D eigenvalue weighted by atomic mass is 10.1. The lowest BCUT2D eigenvalue weighted by Gasteiger charge is -2.36. The Bertz CT molecular complexity index is 1120. The number of likely N-dealkylation sites (N-methyl/N-ethyl adjacent to an activating group) is 1. The average molecular weight is 520 g/mol. The van der Waals surface area contributed by atoms with Crippen molar-refractivity contribution in [3.05, 3.63) is 71.6 Å². The van der Waals surface area contributed by atoms with Crippen LogP contribution in [0.25, 0.3) is 0 Å². The first-order valence-corrected chi connectivity index (χ1v) is 12.0. The first-order valence-electron chi connectivity index (χ1n) is 12.0. The van der Waals surface area contributed by atoms with Gasteiger partial charge in [-0.1, -0.05) is 30.3 Å². The van der Waals surface area contributed by atoms with E-state index in [0.717, 1.165) is 23.6 Å². The van der Waals surface area contributed by atoms with Gasteiger partial charge in [-0.2, -0.15) is 0 Å². The molecule has 0 amide bonds. The number of hydrogen-bond acceptors (Lipinski definition) is 8. The monoisotopic (exact) mass is 519 g/mol. The Hall–Kier alpha value is -3.44. The molecule has 2 heterocycles.